The zero-order chi connectivity index (χ0) is 21.5. The van der Waals surface area contributed by atoms with Gasteiger partial charge >= 0.3 is 0 Å². The molecular weight excluding hydrogens is 364 g/mol. The molecule has 0 nitrogen and oxygen atoms in total. The van der Waals surface area contributed by atoms with Crippen molar-refractivity contribution in [3.8, 4) is 0 Å². The molecule has 0 bridgehead atoms. The van der Waals surface area contributed by atoms with Crippen LogP contribution in [0.5, 0.6) is 0 Å². The van der Waals surface area contributed by atoms with Gasteiger partial charge < -0.3 is 0 Å². The van der Waals surface area contributed by atoms with Gasteiger partial charge in [-0.25, -0.2) is 0 Å². The van der Waals surface area contributed by atoms with Gasteiger partial charge in [-0.1, -0.05) is 91.2 Å². The summed E-state index contributed by atoms with van der Waals surface area (Å²) in [6.07, 6.45) is 2.20. The highest BCUT2D eigenvalue weighted by molar-refractivity contribution is 7.07. The largest absolute Gasteiger partial charge is 0.142 e. The molecule has 2 aromatic rings. The van der Waals surface area contributed by atoms with Crippen LogP contribution < -0.4 is 10.4 Å². The molecule has 0 saturated carbocycles. The van der Waals surface area contributed by atoms with Crippen molar-refractivity contribution in [2.45, 2.75) is 74.8 Å². The van der Waals surface area contributed by atoms with E-state index in [4.69, 9.17) is 0 Å². The van der Waals surface area contributed by atoms with Crippen LogP contribution in [0.3, 0.4) is 0 Å². The molecule has 0 fully saturated rings. The first-order valence-electron chi connectivity index (χ1n) is 11.2. The monoisotopic (exact) mass is 402 g/mol. The molecule has 0 N–H and O–H groups in total. The molecule has 0 amide bonds. The summed E-state index contributed by atoms with van der Waals surface area (Å²) in [5.41, 5.74) is 10.4. The molecule has 3 rings (SSSR count). The summed E-state index contributed by atoms with van der Waals surface area (Å²) in [4.78, 5) is 0. The third kappa shape index (κ3) is 3.59. The van der Waals surface area contributed by atoms with Crippen LogP contribution in [0.15, 0.2) is 58.3 Å². The number of aryl methyl sites for hydroxylation is 4. The Hall–Kier alpha value is -1.86. The maximum atomic E-state index is 2.62. The third-order valence-electron chi connectivity index (χ3n) is 7.56. The van der Waals surface area contributed by atoms with E-state index in [2.05, 4.69) is 98.3 Å². The number of benzene rings is 2. The summed E-state index contributed by atoms with van der Waals surface area (Å²) < 4.78 is 0. The smallest absolute Gasteiger partial charge is 0.0636 e. The molecule has 2 aromatic carbocycles. The van der Waals surface area contributed by atoms with Crippen molar-refractivity contribution in [2.75, 3.05) is 0 Å². The maximum absolute atomic E-state index is 2.62. The summed E-state index contributed by atoms with van der Waals surface area (Å²) in [6, 6.07) is 14.6. The number of hydrogen-bond acceptors (Lipinski definition) is 0. The lowest BCUT2D eigenvalue weighted by atomic mass is 10.1. The Kier molecular flexibility index (Phi) is 6.10. The molecule has 0 aromatic heterocycles. The molecule has 0 radical (unpaired) electrons. The highest BCUT2D eigenvalue weighted by Gasteiger charge is 2.43. The molecule has 1 aliphatic carbocycles. The van der Waals surface area contributed by atoms with Gasteiger partial charge in [0, 0.05) is 0 Å². The molecule has 0 saturated heterocycles. The second kappa shape index (κ2) is 8.11. The Bertz CT molecular complexity index is 983. The van der Waals surface area contributed by atoms with Crippen LogP contribution in [0.4, 0.5) is 0 Å². The molecule has 1 heteroatoms. The van der Waals surface area contributed by atoms with Gasteiger partial charge in [-0.05, 0) is 80.5 Å². The fraction of sp³-hybridized carbons (Fsp3) is 0.429. The Morgan fingerprint density at radius 3 is 1.86 bits per heavy atom. The maximum Gasteiger partial charge on any atom is 0.142 e. The Balaban J connectivity index is 2.40. The highest BCUT2D eigenvalue weighted by atomic mass is 28.3. The van der Waals surface area contributed by atoms with Crippen LogP contribution in [-0.4, -0.2) is 8.07 Å². The normalized spacial score (nSPS) is 19.1. The molecule has 154 valence electrons. The zero-order valence-electron chi connectivity index (χ0n) is 20.0. The van der Waals surface area contributed by atoms with Crippen molar-refractivity contribution < 1.29 is 0 Å². The van der Waals surface area contributed by atoms with Gasteiger partial charge in [-0.3, -0.25) is 0 Å². The van der Waals surface area contributed by atoms with Crippen LogP contribution in [0.25, 0.3) is 0 Å². The summed E-state index contributed by atoms with van der Waals surface area (Å²) in [5, 5.41) is 4.90. The molecule has 1 aliphatic rings. The van der Waals surface area contributed by atoms with Gasteiger partial charge in [0.15, 0.2) is 0 Å². The first kappa shape index (κ1) is 21.8. The van der Waals surface area contributed by atoms with Gasteiger partial charge in [-0.15, -0.1) is 0 Å². The quantitative estimate of drug-likeness (QED) is 0.503. The fourth-order valence-electron chi connectivity index (χ4n) is 5.36. The molecular formula is C28H38Si. The van der Waals surface area contributed by atoms with E-state index in [0.717, 1.165) is 12.8 Å². The minimum Gasteiger partial charge on any atom is -0.0636 e. The average Bonchev–Trinajstić information content (AvgIpc) is 2.91. The topological polar surface area (TPSA) is 0 Å². The van der Waals surface area contributed by atoms with Crippen LogP contribution in [0.2, 0.25) is 6.55 Å². The molecule has 0 aliphatic heterocycles. The molecule has 2 unspecified atom stereocenters. The van der Waals surface area contributed by atoms with Crippen LogP contribution in [0, 0.1) is 19.8 Å². The Morgan fingerprint density at radius 2 is 1.38 bits per heavy atom. The predicted molar refractivity (Wildman–Crippen MR) is 132 cm³/mol. The van der Waals surface area contributed by atoms with Gasteiger partial charge in [0.2, 0.25) is 0 Å². The minimum absolute atomic E-state index is 0.530. The first-order chi connectivity index (χ1) is 13.6. The lowest BCUT2D eigenvalue weighted by molar-refractivity contribution is 0.850. The number of hydrogen-bond donors (Lipinski definition) is 0. The number of rotatable bonds is 5. The van der Waals surface area contributed by atoms with E-state index < -0.39 is 8.07 Å². The predicted octanol–water partition coefficient (Wildman–Crippen LogP) is 6.46. The van der Waals surface area contributed by atoms with Crippen molar-refractivity contribution >= 4 is 18.4 Å². The van der Waals surface area contributed by atoms with E-state index in [1.165, 1.54) is 27.8 Å². The van der Waals surface area contributed by atoms with E-state index in [1.54, 1.807) is 26.7 Å². The third-order valence-corrected chi connectivity index (χ3v) is 12.5. The molecule has 29 heavy (non-hydrogen) atoms. The van der Waals surface area contributed by atoms with Crippen LogP contribution in [0.1, 0.15) is 63.8 Å². The fourth-order valence-corrected chi connectivity index (χ4v) is 10.6. The van der Waals surface area contributed by atoms with E-state index in [0.29, 0.717) is 5.92 Å². The van der Waals surface area contributed by atoms with Gasteiger partial charge in [0.1, 0.15) is 8.07 Å². The molecule has 0 spiro atoms. The van der Waals surface area contributed by atoms with Crippen LogP contribution >= 0.6 is 0 Å². The van der Waals surface area contributed by atoms with Crippen molar-refractivity contribution in [2.24, 2.45) is 5.92 Å². The summed E-state index contributed by atoms with van der Waals surface area (Å²) >= 11 is 0. The van der Waals surface area contributed by atoms with Crippen molar-refractivity contribution in [3.63, 3.8) is 0 Å². The summed E-state index contributed by atoms with van der Waals surface area (Å²) in [7, 11) is -2.11. The lowest BCUT2D eigenvalue weighted by Gasteiger charge is -2.36. The highest BCUT2D eigenvalue weighted by Crippen LogP contribution is 2.41. The summed E-state index contributed by atoms with van der Waals surface area (Å²) in [6.45, 7) is 21.2. The number of allylic oxidation sites excluding steroid dienone is 4. The minimum atomic E-state index is -2.11. The second-order valence-electron chi connectivity index (χ2n) is 9.26. The van der Waals surface area contributed by atoms with E-state index in [1.807, 2.05) is 0 Å². The standard InChI is InChI=1S/C28H38Si/c1-10-24-15-25(11-2)17-26(16-24)29(9,27-14-18(3)12-13-19(27)4)28-22(7)20(5)21(6)23(28)8/h12-17,22H,10-11H2,1-9H3. The zero-order valence-corrected chi connectivity index (χ0v) is 21.0. The van der Waals surface area contributed by atoms with Crippen molar-refractivity contribution in [3.05, 3.63) is 80.6 Å². The van der Waals surface area contributed by atoms with Crippen LogP contribution in [-0.2, 0) is 12.8 Å². The van der Waals surface area contributed by atoms with Gasteiger partial charge in [0.25, 0.3) is 0 Å². The van der Waals surface area contributed by atoms with Crippen molar-refractivity contribution in [1.82, 2.24) is 0 Å². The van der Waals surface area contributed by atoms with Gasteiger partial charge in [0.05, 0.1) is 0 Å². The lowest BCUT2D eigenvalue weighted by Crippen LogP contribution is -2.60. The average molecular weight is 403 g/mol. The van der Waals surface area contributed by atoms with E-state index >= 15 is 0 Å². The van der Waals surface area contributed by atoms with E-state index in [-0.39, 0.29) is 0 Å². The second-order valence-corrected chi connectivity index (χ2v) is 13.2. The Labute approximate surface area is 179 Å². The summed E-state index contributed by atoms with van der Waals surface area (Å²) in [5.74, 6) is 0.530. The molecule has 0 heterocycles. The SMILES string of the molecule is CCc1cc(CC)cc([Si](C)(C2=C(C)C(C)=C(C)C2C)c2cc(C)ccc2C)c1. The van der Waals surface area contributed by atoms with Gasteiger partial charge in [-0.2, -0.15) is 0 Å². The molecule has 2 atom stereocenters. The van der Waals surface area contributed by atoms with E-state index in [9.17, 15) is 0 Å². The Morgan fingerprint density at radius 1 is 0.793 bits per heavy atom. The first-order valence-corrected chi connectivity index (χ1v) is 13.7. The van der Waals surface area contributed by atoms with Crippen molar-refractivity contribution in [1.29, 1.82) is 0 Å².